The molecule has 3 heterocycles. The third-order valence-electron chi connectivity index (χ3n) is 5.59. The molecule has 0 unspecified atom stereocenters. The van der Waals surface area contributed by atoms with Gasteiger partial charge in [-0.3, -0.25) is 14.4 Å². The van der Waals surface area contributed by atoms with Gasteiger partial charge >= 0.3 is 0 Å². The van der Waals surface area contributed by atoms with Crippen LogP contribution in [0, 0.1) is 5.92 Å². The summed E-state index contributed by atoms with van der Waals surface area (Å²) in [6.45, 7) is 0.719. The predicted molar refractivity (Wildman–Crippen MR) is 115 cm³/mol. The lowest BCUT2D eigenvalue weighted by Crippen LogP contribution is -2.31. The molecule has 9 heteroatoms. The van der Waals surface area contributed by atoms with E-state index < -0.39 is 0 Å². The van der Waals surface area contributed by atoms with Crippen molar-refractivity contribution in [2.24, 2.45) is 13.0 Å². The average Bonchev–Trinajstić information content (AvgIpc) is 3.42. The number of amides is 1. The van der Waals surface area contributed by atoms with E-state index >= 15 is 0 Å². The maximum Gasteiger partial charge on any atom is 0.254 e. The van der Waals surface area contributed by atoms with Crippen molar-refractivity contribution >= 4 is 17.5 Å². The lowest BCUT2D eigenvalue weighted by molar-refractivity contribution is 0.0780. The van der Waals surface area contributed by atoms with E-state index in [1.807, 2.05) is 0 Å². The summed E-state index contributed by atoms with van der Waals surface area (Å²) >= 11 is 0. The molecule has 4 rings (SSSR count). The standard InChI is InChI=1S/C22H23N5O4/c1-25-9-7-14(11-19(25)28)22(30)26-10-8-15(13-26)20(29)18-12-24-27(21(18)23)16-3-5-17(31-2)6-4-16/h3-7,9,11-12,15H,8,10,13,23H2,1-2H3/t15-/m1/s1. The van der Waals surface area contributed by atoms with E-state index in [1.165, 1.54) is 21.5 Å². The average molecular weight is 421 g/mol. The molecule has 1 atom stereocenters. The van der Waals surface area contributed by atoms with Gasteiger partial charge in [0.05, 0.1) is 24.6 Å². The number of carbonyl (C=O) groups is 2. The molecule has 31 heavy (non-hydrogen) atoms. The van der Waals surface area contributed by atoms with Crippen LogP contribution in [0.5, 0.6) is 5.75 Å². The van der Waals surface area contributed by atoms with E-state index in [0.717, 1.165) is 0 Å². The molecule has 0 saturated carbocycles. The molecule has 0 aliphatic carbocycles. The van der Waals surface area contributed by atoms with Crippen LogP contribution in [0.15, 0.2) is 53.6 Å². The number of aryl methyl sites for hydroxylation is 1. The van der Waals surface area contributed by atoms with Gasteiger partial charge < -0.3 is 19.9 Å². The molecule has 160 valence electrons. The number of nitrogens with zero attached hydrogens (tertiary/aromatic N) is 4. The largest absolute Gasteiger partial charge is 0.497 e. The summed E-state index contributed by atoms with van der Waals surface area (Å²) in [7, 11) is 3.21. The number of benzene rings is 1. The monoisotopic (exact) mass is 421 g/mol. The first-order valence-electron chi connectivity index (χ1n) is 9.87. The summed E-state index contributed by atoms with van der Waals surface area (Å²) < 4.78 is 8.06. The van der Waals surface area contributed by atoms with E-state index in [0.29, 0.717) is 35.5 Å². The quantitative estimate of drug-likeness (QED) is 0.625. The maximum atomic E-state index is 13.1. The minimum atomic E-state index is -0.369. The van der Waals surface area contributed by atoms with Crippen molar-refractivity contribution in [1.82, 2.24) is 19.2 Å². The lowest BCUT2D eigenvalue weighted by Gasteiger charge is -2.16. The Morgan fingerprint density at radius 2 is 1.94 bits per heavy atom. The van der Waals surface area contributed by atoms with E-state index in [9.17, 15) is 14.4 Å². The molecule has 2 N–H and O–H groups in total. The fourth-order valence-electron chi connectivity index (χ4n) is 3.72. The van der Waals surface area contributed by atoms with Crippen LogP contribution in [-0.2, 0) is 7.05 Å². The number of aromatic nitrogens is 3. The van der Waals surface area contributed by atoms with Crippen LogP contribution in [0.4, 0.5) is 5.82 Å². The molecule has 1 amide bonds. The fourth-order valence-corrected chi connectivity index (χ4v) is 3.72. The molecule has 0 radical (unpaired) electrons. The SMILES string of the molecule is COc1ccc(-n2ncc(C(=O)[C@@H]3CCN(C(=O)c4ccn(C)c(=O)c4)C3)c2N)cc1. The highest BCUT2D eigenvalue weighted by Gasteiger charge is 2.33. The zero-order chi connectivity index (χ0) is 22.1. The van der Waals surface area contributed by atoms with E-state index in [-0.39, 0.29) is 35.5 Å². The number of rotatable bonds is 5. The number of hydrogen-bond acceptors (Lipinski definition) is 6. The summed E-state index contributed by atoms with van der Waals surface area (Å²) in [5.74, 6) is 0.196. The van der Waals surface area contributed by atoms with Crippen molar-refractivity contribution in [2.75, 3.05) is 25.9 Å². The Morgan fingerprint density at radius 3 is 2.61 bits per heavy atom. The Kier molecular flexibility index (Phi) is 5.33. The zero-order valence-electron chi connectivity index (χ0n) is 17.3. The number of hydrogen-bond donors (Lipinski definition) is 1. The van der Waals surface area contributed by atoms with Crippen molar-refractivity contribution in [3.63, 3.8) is 0 Å². The molecule has 0 bridgehead atoms. The van der Waals surface area contributed by atoms with Gasteiger partial charge in [0, 0.05) is 43.9 Å². The van der Waals surface area contributed by atoms with Crippen LogP contribution in [0.3, 0.4) is 0 Å². The summed E-state index contributed by atoms with van der Waals surface area (Å²) in [5, 5.41) is 4.27. The Balaban J connectivity index is 1.49. The van der Waals surface area contributed by atoms with Crippen LogP contribution >= 0.6 is 0 Å². The number of carbonyl (C=O) groups excluding carboxylic acids is 2. The van der Waals surface area contributed by atoms with Crippen LogP contribution in [0.2, 0.25) is 0 Å². The Hall–Kier alpha value is -3.88. The number of Topliss-reactive ketones (excluding diaryl/α,β-unsaturated/α-hetero) is 1. The maximum absolute atomic E-state index is 13.1. The van der Waals surface area contributed by atoms with Gasteiger partial charge in [-0.1, -0.05) is 0 Å². The first kappa shape index (κ1) is 20.4. The number of ether oxygens (including phenoxy) is 1. The number of likely N-dealkylation sites (tertiary alicyclic amines) is 1. The highest BCUT2D eigenvalue weighted by molar-refractivity contribution is 6.03. The Bertz CT molecular complexity index is 1200. The predicted octanol–water partition coefficient (Wildman–Crippen LogP) is 1.51. The molecule has 0 spiro atoms. The second-order valence-corrected chi connectivity index (χ2v) is 7.52. The summed E-state index contributed by atoms with van der Waals surface area (Å²) in [6, 6.07) is 10.1. The molecule has 1 fully saturated rings. The third-order valence-corrected chi connectivity index (χ3v) is 5.59. The topological polar surface area (TPSA) is 112 Å². The lowest BCUT2D eigenvalue weighted by atomic mass is 9.98. The molecular formula is C22H23N5O4. The van der Waals surface area contributed by atoms with E-state index in [1.54, 1.807) is 55.6 Å². The highest BCUT2D eigenvalue weighted by Crippen LogP contribution is 2.26. The van der Waals surface area contributed by atoms with Crippen LogP contribution < -0.4 is 16.0 Å². The highest BCUT2D eigenvalue weighted by atomic mass is 16.5. The van der Waals surface area contributed by atoms with Gasteiger partial charge in [-0.05, 0) is 36.8 Å². The van der Waals surface area contributed by atoms with E-state index in [2.05, 4.69) is 5.10 Å². The number of anilines is 1. The van der Waals surface area contributed by atoms with Crippen LogP contribution in [0.1, 0.15) is 27.1 Å². The summed E-state index contributed by atoms with van der Waals surface area (Å²) in [4.78, 5) is 39.2. The Morgan fingerprint density at radius 1 is 1.19 bits per heavy atom. The van der Waals surface area contributed by atoms with Crippen LogP contribution in [0.25, 0.3) is 5.69 Å². The van der Waals surface area contributed by atoms with Gasteiger partial charge in [0.1, 0.15) is 11.6 Å². The second kappa shape index (κ2) is 8.10. The number of nitrogens with two attached hydrogens (primary N) is 1. The Labute approximate surface area is 178 Å². The minimum absolute atomic E-state index is 0.142. The van der Waals surface area contributed by atoms with Crippen molar-refractivity contribution < 1.29 is 14.3 Å². The van der Waals surface area contributed by atoms with Gasteiger partial charge in [-0.25, -0.2) is 4.68 Å². The van der Waals surface area contributed by atoms with Gasteiger partial charge in [0.25, 0.3) is 11.5 Å². The molecule has 1 saturated heterocycles. The molecule has 1 aliphatic heterocycles. The first-order chi connectivity index (χ1) is 14.9. The molecule has 1 aromatic carbocycles. The molecule has 2 aromatic heterocycles. The third kappa shape index (κ3) is 3.81. The molecule has 9 nitrogen and oxygen atoms in total. The van der Waals surface area contributed by atoms with Crippen molar-refractivity contribution in [3.05, 3.63) is 70.3 Å². The number of ketones is 1. The fraction of sp³-hybridized carbons (Fsp3) is 0.273. The normalized spacial score (nSPS) is 15.8. The van der Waals surface area contributed by atoms with Crippen molar-refractivity contribution in [1.29, 1.82) is 0 Å². The first-order valence-corrected chi connectivity index (χ1v) is 9.87. The summed E-state index contributed by atoms with van der Waals surface area (Å²) in [5.41, 5.74) is 7.34. The number of nitrogen functional groups attached to an aromatic ring is 1. The van der Waals surface area contributed by atoms with Gasteiger partial charge in [-0.2, -0.15) is 5.10 Å². The zero-order valence-corrected chi connectivity index (χ0v) is 17.3. The molecule has 3 aromatic rings. The molecular weight excluding hydrogens is 398 g/mol. The smallest absolute Gasteiger partial charge is 0.254 e. The molecule has 1 aliphatic rings. The number of pyridine rings is 1. The van der Waals surface area contributed by atoms with Crippen molar-refractivity contribution in [2.45, 2.75) is 6.42 Å². The second-order valence-electron chi connectivity index (χ2n) is 7.52. The van der Waals surface area contributed by atoms with Gasteiger partial charge in [0.15, 0.2) is 5.78 Å². The minimum Gasteiger partial charge on any atom is -0.497 e. The number of methoxy groups -OCH3 is 1. The van der Waals surface area contributed by atoms with Gasteiger partial charge in [-0.15, -0.1) is 0 Å². The van der Waals surface area contributed by atoms with Crippen LogP contribution in [-0.4, -0.2) is 51.1 Å². The van der Waals surface area contributed by atoms with Crippen molar-refractivity contribution in [3.8, 4) is 11.4 Å². The van der Waals surface area contributed by atoms with Gasteiger partial charge in [0.2, 0.25) is 0 Å². The summed E-state index contributed by atoms with van der Waals surface area (Å²) in [6.07, 6.45) is 3.55. The van der Waals surface area contributed by atoms with E-state index in [4.69, 9.17) is 10.5 Å².